The fraction of sp³-hybridized carbons (Fsp3) is 0.400. The molecule has 1 rings (SSSR count). The smallest absolute Gasteiger partial charge is 0.119 e. The minimum Gasteiger partial charge on any atom is -0.491 e. The van der Waals surface area contributed by atoms with Crippen molar-refractivity contribution in [3.05, 3.63) is 29.3 Å². The molecule has 1 aromatic carbocycles. The molecule has 0 aliphatic heterocycles. The van der Waals surface area contributed by atoms with E-state index in [1.165, 1.54) is 0 Å². The van der Waals surface area contributed by atoms with Crippen LogP contribution in [-0.4, -0.2) is 19.4 Å². The molecule has 0 aliphatic carbocycles. The van der Waals surface area contributed by atoms with E-state index in [9.17, 15) is 0 Å². The molecule has 4 nitrogen and oxygen atoms in total. The predicted octanol–water partition coefficient (Wildman–Crippen LogP) is 1.54. The summed E-state index contributed by atoms with van der Waals surface area (Å²) in [7, 11) is 0. The molecule has 0 fully saturated rings. The summed E-state index contributed by atoms with van der Waals surface area (Å²) in [5.41, 5.74) is 2.48. The summed E-state index contributed by atoms with van der Waals surface area (Å²) < 4.78 is 10.7. The minimum absolute atomic E-state index is 0.168. The first-order valence-electron chi connectivity index (χ1n) is 4.68. The maximum Gasteiger partial charge on any atom is 0.119 e. The number of ether oxygens (including phenoxy) is 2. The largest absolute Gasteiger partial charge is 0.491 e. The van der Waals surface area contributed by atoms with E-state index in [2.05, 4.69) is 5.43 Å². The maximum absolute atomic E-state index is 5.73. The first-order chi connectivity index (χ1) is 7.22. The molecule has 84 valence electrons. The van der Waals surface area contributed by atoms with Gasteiger partial charge in [0.1, 0.15) is 18.6 Å². The molecule has 0 saturated heterocycles. The summed E-state index contributed by atoms with van der Waals surface area (Å²) in [6.07, 6.45) is -0.168. The van der Waals surface area contributed by atoms with Crippen LogP contribution in [-0.2, 0) is 4.74 Å². The third-order valence-electron chi connectivity index (χ3n) is 1.77. The van der Waals surface area contributed by atoms with Crippen LogP contribution in [0.3, 0.4) is 0 Å². The van der Waals surface area contributed by atoms with E-state index in [1.807, 2.05) is 19.1 Å². The van der Waals surface area contributed by atoms with E-state index in [0.29, 0.717) is 18.2 Å². The second kappa shape index (κ2) is 6.63. The van der Waals surface area contributed by atoms with Gasteiger partial charge in [-0.1, -0.05) is 11.6 Å². The molecule has 0 bridgehead atoms. The first kappa shape index (κ1) is 12.3. The van der Waals surface area contributed by atoms with Gasteiger partial charge in [-0.2, -0.15) is 0 Å². The monoisotopic (exact) mass is 230 g/mol. The van der Waals surface area contributed by atoms with Gasteiger partial charge in [0.05, 0.1) is 6.61 Å². The lowest BCUT2D eigenvalue weighted by molar-refractivity contribution is 0.0250. The van der Waals surface area contributed by atoms with Crippen LogP contribution in [0.25, 0.3) is 0 Å². The standard InChI is InChI=1S/C10H15ClN2O2/c1-8(13-12)14-6-7-15-10-4-2-9(11)3-5-10/h2-5,8,13H,6-7,12H2,1H3. The average molecular weight is 231 g/mol. The van der Waals surface area contributed by atoms with Crippen molar-refractivity contribution >= 4 is 11.6 Å². The zero-order valence-corrected chi connectivity index (χ0v) is 9.33. The van der Waals surface area contributed by atoms with Crippen LogP contribution in [0.5, 0.6) is 5.75 Å². The van der Waals surface area contributed by atoms with Crippen LogP contribution in [0, 0.1) is 0 Å². The van der Waals surface area contributed by atoms with E-state index in [1.54, 1.807) is 12.1 Å². The third kappa shape index (κ3) is 4.99. The van der Waals surface area contributed by atoms with E-state index in [0.717, 1.165) is 5.75 Å². The van der Waals surface area contributed by atoms with Crippen LogP contribution in [0.2, 0.25) is 5.02 Å². The Morgan fingerprint density at radius 1 is 1.33 bits per heavy atom. The molecule has 0 heterocycles. The lowest BCUT2D eigenvalue weighted by atomic mass is 10.3. The molecule has 0 spiro atoms. The molecule has 0 aliphatic rings. The van der Waals surface area contributed by atoms with Gasteiger partial charge in [0.25, 0.3) is 0 Å². The molecule has 0 saturated carbocycles. The Balaban J connectivity index is 2.17. The molecule has 1 unspecified atom stereocenters. The minimum atomic E-state index is -0.168. The van der Waals surface area contributed by atoms with E-state index >= 15 is 0 Å². The number of hydrogen-bond donors (Lipinski definition) is 2. The van der Waals surface area contributed by atoms with Crippen molar-refractivity contribution in [3.63, 3.8) is 0 Å². The predicted molar refractivity (Wildman–Crippen MR) is 59.7 cm³/mol. The van der Waals surface area contributed by atoms with Gasteiger partial charge in [0.15, 0.2) is 0 Å². The Labute approximate surface area is 94.3 Å². The molecule has 5 heteroatoms. The highest BCUT2D eigenvalue weighted by Crippen LogP contribution is 2.15. The highest BCUT2D eigenvalue weighted by atomic mass is 35.5. The normalized spacial score (nSPS) is 12.5. The molecule has 0 amide bonds. The molecule has 1 aromatic rings. The van der Waals surface area contributed by atoms with Crippen molar-refractivity contribution in [2.45, 2.75) is 13.2 Å². The van der Waals surface area contributed by atoms with Crippen molar-refractivity contribution in [2.24, 2.45) is 5.84 Å². The third-order valence-corrected chi connectivity index (χ3v) is 2.02. The molecule has 3 N–H and O–H groups in total. The van der Waals surface area contributed by atoms with Crippen molar-refractivity contribution in [2.75, 3.05) is 13.2 Å². The van der Waals surface area contributed by atoms with Crippen molar-refractivity contribution < 1.29 is 9.47 Å². The molecule has 0 aromatic heterocycles. The van der Waals surface area contributed by atoms with Gasteiger partial charge in [-0.3, -0.25) is 5.84 Å². The Morgan fingerprint density at radius 2 is 2.00 bits per heavy atom. The highest BCUT2D eigenvalue weighted by molar-refractivity contribution is 6.30. The first-order valence-corrected chi connectivity index (χ1v) is 5.06. The summed E-state index contributed by atoms with van der Waals surface area (Å²) in [4.78, 5) is 0. The van der Waals surface area contributed by atoms with Crippen LogP contribution < -0.4 is 16.0 Å². The highest BCUT2D eigenvalue weighted by Gasteiger charge is 1.98. The number of hydrazine groups is 1. The summed E-state index contributed by atoms with van der Waals surface area (Å²) in [6, 6.07) is 7.18. The molecular weight excluding hydrogens is 216 g/mol. The summed E-state index contributed by atoms with van der Waals surface area (Å²) in [5.74, 6) is 5.93. The van der Waals surface area contributed by atoms with Crippen LogP contribution >= 0.6 is 11.6 Å². The summed E-state index contributed by atoms with van der Waals surface area (Å²) >= 11 is 5.73. The fourth-order valence-corrected chi connectivity index (χ4v) is 1.09. The topological polar surface area (TPSA) is 56.5 Å². The Morgan fingerprint density at radius 3 is 2.60 bits per heavy atom. The van der Waals surface area contributed by atoms with Gasteiger partial charge >= 0.3 is 0 Å². The molecule has 15 heavy (non-hydrogen) atoms. The second-order valence-electron chi connectivity index (χ2n) is 2.98. The van der Waals surface area contributed by atoms with Gasteiger partial charge in [-0.15, -0.1) is 0 Å². The van der Waals surface area contributed by atoms with Crippen LogP contribution in [0.15, 0.2) is 24.3 Å². The number of benzene rings is 1. The summed E-state index contributed by atoms with van der Waals surface area (Å²) in [5, 5.41) is 0.694. The molecule has 0 radical (unpaired) electrons. The SMILES string of the molecule is CC(NN)OCCOc1ccc(Cl)cc1. The van der Waals surface area contributed by atoms with Gasteiger partial charge in [-0.05, 0) is 31.2 Å². The van der Waals surface area contributed by atoms with Gasteiger partial charge < -0.3 is 9.47 Å². The Hall–Kier alpha value is -0.810. The Kier molecular flexibility index (Phi) is 5.42. The number of halogens is 1. The lowest BCUT2D eigenvalue weighted by Gasteiger charge is -2.11. The van der Waals surface area contributed by atoms with E-state index in [-0.39, 0.29) is 6.23 Å². The van der Waals surface area contributed by atoms with Gasteiger partial charge in [0.2, 0.25) is 0 Å². The summed E-state index contributed by atoms with van der Waals surface area (Å²) in [6.45, 7) is 2.78. The fourth-order valence-electron chi connectivity index (χ4n) is 0.963. The Bertz CT molecular complexity index is 279. The zero-order valence-electron chi connectivity index (χ0n) is 8.57. The quantitative estimate of drug-likeness (QED) is 0.337. The molecule has 1 atom stereocenters. The number of rotatable bonds is 6. The molecular formula is C10H15ClN2O2. The van der Waals surface area contributed by atoms with E-state index in [4.69, 9.17) is 26.9 Å². The number of nitrogens with two attached hydrogens (primary N) is 1. The number of nitrogens with one attached hydrogen (secondary N) is 1. The second-order valence-corrected chi connectivity index (χ2v) is 3.42. The van der Waals surface area contributed by atoms with Crippen LogP contribution in [0.1, 0.15) is 6.92 Å². The lowest BCUT2D eigenvalue weighted by Crippen LogP contribution is -2.35. The van der Waals surface area contributed by atoms with Crippen molar-refractivity contribution in [3.8, 4) is 5.75 Å². The zero-order chi connectivity index (χ0) is 11.1. The van der Waals surface area contributed by atoms with Crippen molar-refractivity contribution in [1.82, 2.24) is 5.43 Å². The van der Waals surface area contributed by atoms with Gasteiger partial charge in [0, 0.05) is 5.02 Å². The average Bonchev–Trinajstić information content (AvgIpc) is 2.26. The number of hydrogen-bond acceptors (Lipinski definition) is 4. The van der Waals surface area contributed by atoms with Gasteiger partial charge in [-0.25, -0.2) is 5.43 Å². The maximum atomic E-state index is 5.73. The van der Waals surface area contributed by atoms with E-state index < -0.39 is 0 Å². The van der Waals surface area contributed by atoms with Crippen molar-refractivity contribution in [1.29, 1.82) is 0 Å². The van der Waals surface area contributed by atoms with Crippen LogP contribution in [0.4, 0.5) is 0 Å².